The average Bonchev–Trinajstić information content (AvgIpc) is 3.32. The Hall–Kier alpha value is -2.60. The zero-order chi connectivity index (χ0) is 21.8. The van der Waals surface area contributed by atoms with Crippen LogP contribution in [-0.2, 0) is 23.0 Å². The van der Waals surface area contributed by atoms with Crippen LogP contribution in [-0.4, -0.2) is 58.6 Å². The van der Waals surface area contributed by atoms with E-state index in [1.807, 2.05) is 32.0 Å². The van der Waals surface area contributed by atoms with Crippen LogP contribution < -0.4 is 20.9 Å². The zero-order valence-corrected chi connectivity index (χ0v) is 18.4. The molecule has 10 nitrogen and oxygen atoms in total. The fourth-order valence-electron chi connectivity index (χ4n) is 3.96. The Labute approximate surface area is 181 Å². The van der Waals surface area contributed by atoms with Gasteiger partial charge in [-0.3, -0.25) is 10.9 Å². The minimum Gasteiger partial charge on any atom is -0.369 e. The van der Waals surface area contributed by atoms with E-state index in [4.69, 9.17) is 0 Å². The molecular weight excluding hydrogens is 416 g/mol. The van der Waals surface area contributed by atoms with Crippen molar-refractivity contribution in [3.8, 4) is 0 Å². The predicted octanol–water partition coefficient (Wildman–Crippen LogP) is 0.654. The molecule has 4 N–H and O–H groups in total. The standard InChI is InChI=1S/C20H28N8O2S/c1-14-18(15(2)27-26-14)31(29,30)25-10-11-28-20-17(12-24-28)19(22-13-23-20)21-9-8-16-6-4-3-5-7-16/h3-7,12-15,18,25-27H,8-11H2,1-2H3,(H,21,22,23). The first-order valence-electron chi connectivity index (χ1n) is 10.4. The van der Waals surface area contributed by atoms with Gasteiger partial charge in [0.05, 0.1) is 18.1 Å². The van der Waals surface area contributed by atoms with Gasteiger partial charge in [0.1, 0.15) is 17.4 Å². The van der Waals surface area contributed by atoms with Gasteiger partial charge in [0.15, 0.2) is 5.65 Å². The minimum atomic E-state index is -3.47. The van der Waals surface area contributed by atoms with Crippen LogP contribution in [0.4, 0.5) is 5.82 Å². The lowest BCUT2D eigenvalue weighted by atomic mass is 10.1. The van der Waals surface area contributed by atoms with Crippen LogP contribution >= 0.6 is 0 Å². The van der Waals surface area contributed by atoms with Crippen molar-refractivity contribution in [2.24, 2.45) is 0 Å². The van der Waals surface area contributed by atoms with E-state index in [1.165, 1.54) is 11.9 Å². The van der Waals surface area contributed by atoms with Gasteiger partial charge in [0.2, 0.25) is 10.0 Å². The largest absolute Gasteiger partial charge is 0.369 e. The second-order valence-electron chi connectivity index (χ2n) is 7.76. The van der Waals surface area contributed by atoms with Crippen molar-refractivity contribution in [1.29, 1.82) is 0 Å². The normalized spacial score (nSPS) is 21.5. The topological polar surface area (TPSA) is 126 Å². The molecule has 4 rings (SSSR count). The summed E-state index contributed by atoms with van der Waals surface area (Å²) in [6.07, 6.45) is 4.09. The van der Waals surface area contributed by atoms with Crippen LogP contribution in [0.1, 0.15) is 19.4 Å². The molecule has 3 heterocycles. The molecule has 0 saturated carbocycles. The molecule has 0 radical (unpaired) electrons. The van der Waals surface area contributed by atoms with Gasteiger partial charge in [0, 0.05) is 25.2 Å². The summed E-state index contributed by atoms with van der Waals surface area (Å²) < 4.78 is 29.8. The Morgan fingerprint density at radius 1 is 1.06 bits per heavy atom. The second-order valence-corrected chi connectivity index (χ2v) is 9.68. The first-order valence-corrected chi connectivity index (χ1v) is 11.9. The number of aromatic nitrogens is 4. The summed E-state index contributed by atoms with van der Waals surface area (Å²) in [4.78, 5) is 8.68. The van der Waals surface area contributed by atoms with E-state index in [1.54, 1.807) is 10.9 Å². The number of nitrogens with zero attached hydrogens (tertiary/aromatic N) is 4. The Bertz CT molecular complexity index is 1110. The highest BCUT2D eigenvalue weighted by Gasteiger charge is 2.39. The number of rotatable bonds is 9. The van der Waals surface area contributed by atoms with E-state index < -0.39 is 15.3 Å². The van der Waals surface area contributed by atoms with E-state index in [2.05, 4.69) is 48.1 Å². The van der Waals surface area contributed by atoms with Gasteiger partial charge in [-0.2, -0.15) is 5.10 Å². The van der Waals surface area contributed by atoms with Gasteiger partial charge < -0.3 is 5.32 Å². The third-order valence-corrected chi connectivity index (χ3v) is 7.63. The number of nitrogens with one attached hydrogen (secondary N) is 4. The summed E-state index contributed by atoms with van der Waals surface area (Å²) in [6.45, 7) is 5.05. The number of anilines is 1. The fourth-order valence-corrected chi connectivity index (χ4v) is 5.73. The first-order chi connectivity index (χ1) is 15.0. The highest BCUT2D eigenvalue weighted by Crippen LogP contribution is 2.19. The van der Waals surface area contributed by atoms with E-state index in [-0.39, 0.29) is 18.6 Å². The molecule has 11 heteroatoms. The lowest BCUT2D eigenvalue weighted by Gasteiger charge is -2.19. The highest BCUT2D eigenvalue weighted by atomic mass is 32.2. The van der Waals surface area contributed by atoms with Crippen molar-refractivity contribution in [2.45, 2.75) is 44.1 Å². The average molecular weight is 445 g/mol. The van der Waals surface area contributed by atoms with Crippen LogP contribution in [0.15, 0.2) is 42.9 Å². The summed E-state index contributed by atoms with van der Waals surface area (Å²) in [5, 5.41) is 8.00. The molecule has 1 saturated heterocycles. The molecule has 1 fully saturated rings. The van der Waals surface area contributed by atoms with Crippen molar-refractivity contribution in [3.63, 3.8) is 0 Å². The molecule has 31 heavy (non-hydrogen) atoms. The quantitative estimate of drug-likeness (QED) is 0.379. The van der Waals surface area contributed by atoms with Crippen molar-refractivity contribution in [2.75, 3.05) is 18.4 Å². The third kappa shape index (κ3) is 4.85. The van der Waals surface area contributed by atoms with Gasteiger partial charge in [-0.05, 0) is 25.8 Å². The summed E-state index contributed by atoms with van der Waals surface area (Å²) in [5.74, 6) is 0.721. The molecule has 0 bridgehead atoms. The third-order valence-electron chi connectivity index (χ3n) is 5.49. The molecule has 1 aromatic carbocycles. The van der Waals surface area contributed by atoms with Gasteiger partial charge in [0.25, 0.3) is 0 Å². The van der Waals surface area contributed by atoms with Crippen molar-refractivity contribution >= 4 is 26.9 Å². The zero-order valence-electron chi connectivity index (χ0n) is 17.6. The summed E-state index contributed by atoms with van der Waals surface area (Å²) in [6, 6.07) is 9.90. The SMILES string of the molecule is CC1NNC(C)C1S(=O)(=O)NCCn1ncc2c(NCCc3ccccc3)ncnc21. The summed E-state index contributed by atoms with van der Waals surface area (Å²) in [7, 11) is -3.47. The van der Waals surface area contributed by atoms with Gasteiger partial charge in [-0.15, -0.1) is 0 Å². The molecule has 2 aromatic heterocycles. The van der Waals surface area contributed by atoms with Crippen molar-refractivity contribution in [1.82, 2.24) is 35.3 Å². The van der Waals surface area contributed by atoms with Crippen LogP contribution in [0.3, 0.4) is 0 Å². The maximum Gasteiger partial charge on any atom is 0.217 e. The van der Waals surface area contributed by atoms with Crippen LogP contribution in [0.2, 0.25) is 0 Å². The Kier molecular flexibility index (Phi) is 6.46. The lowest BCUT2D eigenvalue weighted by molar-refractivity contribution is 0.534. The van der Waals surface area contributed by atoms with Crippen molar-refractivity contribution < 1.29 is 8.42 Å². The van der Waals surface area contributed by atoms with Gasteiger partial charge >= 0.3 is 0 Å². The molecule has 0 amide bonds. The van der Waals surface area contributed by atoms with Crippen molar-refractivity contribution in [3.05, 3.63) is 48.4 Å². The number of hydrogen-bond acceptors (Lipinski definition) is 8. The Morgan fingerprint density at radius 2 is 1.81 bits per heavy atom. The maximum atomic E-state index is 12.7. The first kappa shape index (κ1) is 21.6. The molecule has 1 aliphatic rings. The van der Waals surface area contributed by atoms with E-state index in [9.17, 15) is 8.42 Å². The predicted molar refractivity (Wildman–Crippen MR) is 120 cm³/mol. The molecule has 0 spiro atoms. The van der Waals surface area contributed by atoms with Crippen LogP contribution in [0.5, 0.6) is 0 Å². The number of hydrazine groups is 1. The minimum absolute atomic E-state index is 0.171. The van der Waals surface area contributed by atoms with E-state index in [0.717, 1.165) is 24.2 Å². The summed E-state index contributed by atoms with van der Waals surface area (Å²) >= 11 is 0. The second kappa shape index (κ2) is 9.27. The van der Waals surface area contributed by atoms with Gasteiger partial charge in [-0.1, -0.05) is 30.3 Å². The van der Waals surface area contributed by atoms with E-state index in [0.29, 0.717) is 12.2 Å². The fraction of sp³-hybridized carbons (Fsp3) is 0.450. The Balaban J connectivity index is 1.37. The van der Waals surface area contributed by atoms with Crippen LogP contribution in [0.25, 0.3) is 11.0 Å². The summed E-state index contributed by atoms with van der Waals surface area (Å²) in [5.41, 5.74) is 7.87. The lowest BCUT2D eigenvalue weighted by Crippen LogP contribution is -2.45. The Morgan fingerprint density at radius 3 is 2.55 bits per heavy atom. The number of benzene rings is 1. The molecule has 3 aromatic rings. The smallest absolute Gasteiger partial charge is 0.217 e. The maximum absolute atomic E-state index is 12.7. The number of fused-ring (bicyclic) bond motifs is 1. The van der Waals surface area contributed by atoms with E-state index >= 15 is 0 Å². The molecule has 1 aliphatic heterocycles. The van der Waals surface area contributed by atoms with Crippen LogP contribution in [0, 0.1) is 0 Å². The highest BCUT2D eigenvalue weighted by molar-refractivity contribution is 7.90. The molecule has 2 atom stereocenters. The molecule has 2 unspecified atom stereocenters. The molecular formula is C20H28N8O2S. The number of hydrogen-bond donors (Lipinski definition) is 4. The molecule has 166 valence electrons. The van der Waals surface area contributed by atoms with Gasteiger partial charge in [-0.25, -0.2) is 27.8 Å². The monoisotopic (exact) mass is 444 g/mol. The number of sulfonamides is 1. The molecule has 0 aliphatic carbocycles.